The van der Waals surface area contributed by atoms with Crippen molar-refractivity contribution in [1.29, 1.82) is 5.26 Å². The summed E-state index contributed by atoms with van der Waals surface area (Å²) >= 11 is 0. The summed E-state index contributed by atoms with van der Waals surface area (Å²) in [6.07, 6.45) is 1.62. The molecule has 1 unspecified atom stereocenters. The number of rotatable bonds is 3. The fraction of sp³-hybridized carbons (Fsp3) is 0.208. The largest absolute Gasteiger partial charge is 0.465 e. The Labute approximate surface area is 192 Å². The van der Waals surface area contributed by atoms with Crippen molar-refractivity contribution in [3.63, 3.8) is 0 Å². The van der Waals surface area contributed by atoms with Gasteiger partial charge >= 0.3 is 6.09 Å². The normalized spacial score (nSPS) is 16.1. The van der Waals surface area contributed by atoms with Crippen molar-refractivity contribution in [2.24, 2.45) is 0 Å². The number of carboxylic acid groups (broad SMARTS) is 1. The molecule has 0 saturated carbocycles. The van der Waals surface area contributed by atoms with Gasteiger partial charge in [0.05, 0.1) is 23.9 Å². The molecule has 170 valence electrons. The maximum atomic E-state index is 15.7. The van der Waals surface area contributed by atoms with E-state index >= 15 is 4.39 Å². The number of amides is 1. The second-order valence-electron chi connectivity index (χ2n) is 7.99. The summed E-state index contributed by atoms with van der Waals surface area (Å²) in [5.41, 5.74) is 0.325. The van der Waals surface area contributed by atoms with E-state index in [1.807, 2.05) is 11.0 Å². The van der Waals surface area contributed by atoms with Crippen LogP contribution in [0.3, 0.4) is 0 Å². The molecule has 1 atom stereocenters. The molecule has 1 aliphatic rings. The number of carbonyl (C=O) groups is 1. The highest BCUT2D eigenvalue weighted by atomic mass is 19.1. The molecule has 3 heterocycles. The van der Waals surface area contributed by atoms with E-state index in [1.54, 1.807) is 24.3 Å². The van der Waals surface area contributed by atoms with E-state index in [-0.39, 0.29) is 30.7 Å². The third-order valence-corrected chi connectivity index (χ3v) is 6.04. The Hall–Kier alpha value is -4.39. The number of halogens is 2. The molecule has 2 aromatic carbocycles. The van der Waals surface area contributed by atoms with Crippen LogP contribution in [-0.2, 0) is 0 Å². The van der Waals surface area contributed by atoms with E-state index in [1.165, 1.54) is 29.6 Å². The Kier molecular flexibility index (Phi) is 5.37. The van der Waals surface area contributed by atoms with Gasteiger partial charge in [-0.05, 0) is 22.9 Å². The van der Waals surface area contributed by atoms with Crippen LogP contribution >= 0.6 is 0 Å². The summed E-state index contributed by atoms with van der Waals surface area (Å²) in [6, 6.07) is 11.2. The van der Waals surface area contributed by atoms with Crippen molar-refractivity contribution in [2.75, 3.05) is 24.5 Å². The standard InChI is InChI=1S/C24H18F2N6O2/c25-15-9-14-3-1-2-4-17(14)18(10-15)21-20(26)22-19(11-28-21)23(30-13-29-22)31-7-8-32(24(33)34)16(12-31)5-6-27/h1-4,9-11,13,16H,5,7-8,12H2,(H,33,34). The number of anilines is 1. The van der Waals surface area contributed by atoms with Gasteiger partial charge in [-0.15, -0.1) is 0 Å². The van der Waals surface area contributed by atoms with Gasteiger partial charge in [-0.3, -0.25) is 4.98 Å². The molecule has 2 aromatic heterocycles. The zero-order valence-corrected chi connectivity index (χ0v) is 17.8. The second kappa shape index (κ2) is 8.51. The highest BCUT2D eigenvalue weighted by Gasteiger charge is 2.32. The number of hydrogen-bond donors (Lipinski definition) is 1. The van der Waals surface area contributed by atoms with Crippen molar-refractivity contribution in [3.05, 3.63) is 60.6 Å². The third-order valence-electron chi connectivity index (χ3n) is 6.04. The minimum absolute atomic E-state index is 0.0223. The molecular weight excluding hydrogens is 442 g/mol. The summed E-state index contributed by atoms with van der Waals surface area (Å²) < 4.78 is 30.0. The molecule has 1 amide bonds. The van der Waals surface area contributed by atoms with E-state index in [0.717, 1.165) is 0 Å². The maximum absolute atomic E-state index is 15.7. The van der Waals surface area contributed by atoms with Crippen LogP contribution in [0, 0.1) is 23.0 Å². The molecule has 4 aromatic rings. The fourth-order valence-electron chi connectivity index (χ4n) is 4.47. The predicted molar refractivity (Wildman–Crippen MR) is 121 cm³/mol. The summed E-state index contributed by atoms with van der Waals surface area (Å²) in [5, 5.41) is 20.2. The summed E-state index contributed by atoms with van der Waals surface area (Å²) in [5.74, 6) is -0.798. The molecule has 1 N–H and O–H groups in total. The van der Waals surface area contributed by atoms with E-state index in [2.05, 4.69) is 15.0 Å². The van der Waals surface area contributed by atoms with Gasteiger partial charge < -0.3 is 14.9 Å². The Morgan fingerprint density at radius 3 is 2.76 bits per heavy atom. The van der Waals surface area contributed by atoms with Crippen LogP contribution in [-0.4, -0.2) is 56.7 Å². The van der Waals surface area contributed by atoms with Crippen LogP contribution in [0.2, 0.25) is 0 Å². The van der Waals surface area contributed by atoms with Crippen molar-refractivity contribution < 1.29 is 18.7 Å². The number of benzene rings is 2. The van der Waals surface area contributed by atoms with Gasteiger partial charge in [0, 0.05) is 31.4 Å². The first-order chi connectivity index (χ1) is 16.5. The van der Waals surface area contributed by atoms with Crippen molar-refractivity contribution in [3.8, 4) is 17.3 Å². The SMILES string of the molecule is N#CCC1CN(c2ncnc3c(F)c(-c4cc(F)cc5ccccc45)ncc23)CCN1C(=O)O. The maximum Gasteiger partial charge on any atom is 0.407 e. The van der Waals surface area contributed by atoms with Gasteiger partial charge in [-0.1, -0.05) is 24.3 Å². The minimum Gasteiger partial charge on any atom is -0.465 e. The van der Waals surface area contributed by atoms with Crippen LogP contribution in [0.5, 0.6) is 0 Å². The monoisotopic (exact) mass is 460 g/mol. The lowest BCUT2D eigenvalue weighted by molar-refractivity contribution is 0.119. The average Bonchev–Trinajstić information content (AvgIpc) is 2.83. The van der Waals surface area contributed by atoms with Gasteiger partial charge in [0.2, 0.25) is 0 Å². The quantitative estimate of drug-likeness (QED) is 0.488. The molecule has 0 spiro atoms. The molecule has 0 aliphatic carbocycles. The van der Waals surface area contributed by atoms with Crippen LogP contribution in [0.4, 0.5) is 19.4 Å². The Morgan fingerprint density at radius 1 is 1.15 bits per heavy atom. The molecule has 0 bridgehead atoms. The number of nitriles is 1. The molecule has 5 rings (SSSR count). The number of aromatic nitrogens is 3. The van der Waals surface area contributed by atoms with Crippen molar-refractivity contribution >= 4 is 33.6 Å². The van der Waals surface area contributed by atoms with E-state index in [0.29, 0.717) is 34.1 Å². The molecule has 34 heavy (non-hydrogen) atoms. The van der Waals surface area contributed by atoms with Gasteiger partial charge in [-0.25, -0.2) is 23.5 Å². The van der Waals surface area contributed by atoms with Crippen LogP contribution in [0.1, 0.15) is 6.42 Å². The molecular formula is C24H18F2N6O2. The molecule has 1 saturated heterocycles. The molecule has 1 aliphatic heterocycles. The van der Waals surface area contributed by atoms with Gasteiger partial charge in [0.25, 0.3) is 0 Å². The minimum atomic E-state index is -1.09. The topological polar surface area (TPSA) is 106 Å². The van der Waals surface area contributed by atoms with Gasteiger partial charge in [0.1, 0.15) is 29.2 Å². The van der Waals surface area contributed by atoms with Crippen molar-refractivity contribution in [1.82, 2.24) is 19.9 Å². The fourth-order valence-corrected chi connectivity index (χ4v) is 4.47. The van der Waals surface area contributed by atoms with E-state index in [9.17, 15) is 14.3 Å². The lowest BCUT2D eigenvalue weighted by Gasteiger charge is -2.39. The number of hydrogen-bond acceptors (Lipinski definition) is 6. The number of pyridine rings is 1. The van der Waals surface area contributed by atoms with Crippen molar-refractivity contribution in [2.45, 2.75) is 12.5 Å². The number of fused-ring (bicyclic) bond motifs is 2. The number of nitrogens with zero attached hydrogens (tertiary/aromatic N) is 6. The van der Waals surface area contributed by atoms with Crippen LogP contribution in [0.15, 0.2) is 48.9 Å². The first-order valence-corrected chi connectivity index (χ1v) is 10.6. The Morgan fingerprint density at radius 2 is 1.97 bits per heavy atom. The Bertz CT molecular complexity index is 1470. The summed E-state index contributed by atoms with van der Waals surface area (Å²) in [4.78, 5) is 27.3. The van der Waals surface area contributed by atoms with E-state index < -0.39 is 23.8 Å². The lowest BCUT2D eigenvalue weighted by atomic mass is 10.0. The lowest BCUT2D eigenvalue weighted by Crippen LogP contribution is -2.55. The summed E-state index contributed by atoms with van der Waals surface area (Å²) in [6.45, 7) is 0.721. The van der Waals surface area contributed by atoms with Gasteiger partial charge in [0.15, 0.2) is 5.82 Å². The van der Waals surface area contributed by atoms with Gasteiger partial charge in [-0.2, -0.15) is 5.26 Å². The predicted octanol–water partition coefficient (Wildman–Crippen LogP) is 4.21. The van der Waals surface area contributed by atoms with E-state index in [4.69, 9.17) is 5.26 Å². The smallest absolute Gasteiger partial charge is 0.407 e. The number of piperazine rings is 1. The molecule has 1 fully saturated rings. The highest BCUT2D eigenvalue weighted by molar-refractivity contribution is 5.98. The third kappa shape index (κ3) is 3.61. The molecule has 0 radical (unpaired) electrons. The molecule has 10 heteroatoms. The zero-order chi connectivity index (χ0) is 23.8. The zero-order valence-electron chi connectivity index (χ0n) is 17.8. The average molecular weight is 460 g/mol. The van der Waals surface area contributed by atoms with Crippen LogP contribution in [0.25, 0.3) is 32.9 Å². The Balaban J connectivity index is 1.59. The summed E-state index contributed by atoms with van der Waals surface area (Å²) in [7, 11) is 0. The second-order valence-corrected chi connectivity index (χ2v) is 7.99. The molecule has 8 nitrogen and oxygen atoms in total. The first-order valence-electron chi connectivity index (χ1n) is 10.6. The van der Waals surface area contributed by atoms with Crippen LogP contribution < -0.4 is 4.90 Å². The highest BCUT2D eigenvalue weighted by Crippen LogP contribution is 2.34. The first kappa shape index (κ1) is 21.5.